The fourth-order valence-electron chi connectivity index (χ4n) is 3.41. The maximum Gasteiger partial charge on any atom is 0.236 e. The molecule has 0 aromatic heterocycles. The summed E-state index contributed by atoms with van der Waals surface area (Å²) in [6, 6.07) is 28.2. The zero-order valence-electron chi connectivity index (χ0n) is 15.8. The first-order valence-electron chi connectivity index (χ1n) is 9.53. The van der Waals surface area contributed by atoms with Crippen molar-refractivity contribution >= 4 is 17.7 Å². The molecule has 2 unspecified atom stereocenters. The van der Waals surface area contributed by atoms with Gasteiger partial charge in [0, 0.05) is 6.54 Å². The highest BCUT2D eigenvalue weighted by molar-refractivity contribution is 8.01. The highest BCUT2D eigenvalue weighted by Gasteiger charge is 2.38. The number of amides is 1. The minimum atomic E-state index is -0.0283. The van der Waals surface area contributed by atoms with Crippen molar-refractivity contribution in [3.8, 4) is 11.5 Å². The molecular weight excluding hydrogens is 366 g/mol. The minimum Gasteiger partial charge on any atom is -0.457 e. The zero-order chi connectivity index (χ0) is 19.3. The number of carbonyl (C=O) groups is 1. The van der Waals surface area contributed by atoms with Crippen LogP contribution >= 0.6 is 11.8 Å². The van der Waals surface area contributed by atoms with Crippen LogP contribution in [-0.2, 0) is 11.2 Å². The quantitative estimate of drug-likeness (QED) is 0.543. The molecule has 0 spiro atoms. The molecule has 1 aliphatic rings. The number of hydrogen-bond donors (Lipinski definition) is 0. The van der Waals surface area contributed by atoms with E-state index in [2.05, 4.69) is 18.2 Å². The summed E-state index contributed by atoms with van der Waals surface area (Å²) in [4.78, 5) is 14.8. The summed E-state index contributed by atoms with van der Waals surface area (Å²) in [6.07, 6.45) is 0.858. The molecule has 1 fully saturated rings. The summed E-state index contributed by atoms with van der Waals surface area (Å²) >= 11 is 1.71. The van der Waals surface area contributed by atoms with Crippen LogP contribution in [0.2, 0.25) is 0 Å². The largest absolute Gasteiger partial charge is 0.457 e. The van der Waals surface area contributed by atoms with Crippen LogP contribution in [0.3, 0.4) is 0 Å². The van der Waals surface area contributed by atoms with Gasteiger partial charge in [-0.2, -0.15) is 0 Å². The third-order valence-electron chi connectivity index (χ3n) is 4.85. The highest BCUT2D eigenvalue weighted by Crippen LogP contribution is 2.43. The lowest BCUT2D eigenvalue weighted by molar-refractivity contribution is -0.129. The van der Waals surface area contributed by atoms with E-state index in [-0.39, 0.29) is 16.5 Å². The van der Waals surface area contributed by atoms with Crippen LogP contribution < -0.4 is 4.74 Å². The molecule has 2 atom stereocenters. The Morgan fingerprint density at radius 3 is 2.32 bits per heavy atom. The SMILES string of the molecule is CC1SC(c2cccc(Oc3ccccc3)c2)N(CCc2ccccc2)C1=O. The van der Waals surface area contributed by atoms with E-state index in [9.17, 15) is 4.79 Å². The van der Waals surface area contributed by atoms with Crippen molar-refractivity contribution in [1.82, 2.24) is 4.90 Å². The predicted molar refractivity (Wildman–Crippen MR) is 115 cm³/mol. The van der Waals surface area contributed by atoms with Gasteiger partial charge < -0.3 is 9.64 Å². The van der Waals surface area contributed by atoms with Gasteiger partial charge in [-0.25, -0.2) is 0 Å². The van der Waals surface area contributed by atoms with Crippen molar-refractivity contribution in [3.63, 3.8) is 0 Å². The van der Waals surface area contributed by atoms with Gasteiger partial charge in [0.1, 0.15) is 16.9 Å². The molecule has 142 valence electrons. The molecule has 0 N–H and O–H groups in total. The Labute approximate surface area is 170 Å². The van der Waals surface area contributed by atoms with Crippen LogP contribution in [0, 0.1) is 0 Å². The summed E-state index contributed by atoms with van der Waals surface area (Å²) in [5.41, 5.74) is 2.35. The van der Waals surface area contributed by atoms with Crippen molar-refractivity contribution in [2.75, 3.05) is 6.54 Å². The van der Waals surface area contributed by atoms with E-state index in [1.807, 2.05) is 78.6 Å². The number of hydrogen-bond acceptors (Lipinski definition) is 3. The summed E-state index contributed by atoms with van der Waals surface area (Å²) < 4.78 is 5.98. The molecule has 0 aliphatic carbocycles. The Hall–Kier alpha value is -2.72. The molecule has 0 radical (unpaired) electrons. The number of ether oxygens (including phenoxy) is 1. The minimum absolute atomic E-state index is 0.0190. The van der Waals surface area contributed by atoms with Gasteiger partial charge in [-0.15, -0.1) is 11.8 Å². The molecule has 1 heterocycles. The summed E-state index contributed by atoms with van der Waals surface area (Å²) in [6.45, 7) is 2.71. The normalized spacial score (nSPS) is 19.0. The van der Waals surface area contributed by atoms with Gasteiger partial charge in [0.2, 0.25) is 5.91 Å². The molecular formula is C24H23NO2S. The first-order chi connectivity index (χ1) is 13.7. The number of para-hydroxylation sites is 1. The second kappa shape index (κ2) is 8.53. The molecule has 1 amide bonds. The Morgan fingerprint density at radius 1 is 0.893 bits per heavy atom. The maximum absolute atomic E-state index is 12.8. The van der Waals surface area contributed by atoms with Gasteiger partial charge in [0.25, 0.3) is 0 Å². The molecule has 0 bridgehead atoms. The molecule has 4 rings (SSSR count). The number of benzene rings is 3. The molecule has 3 nitrogen and oxygen atoms in total. The molecule has 3 aromatic carbocycles. The van der Waals surface area contributed by atoms with Crippen molar-refractivity contribution < 1.29 is 9.53 Å². The predicted octanol–water partition coefficient (Wildman–Crippen LogP) is 5.68. The number of carbonyl (C=O) groups excluding carboxylic acids is 1. The third-order valence-corrected chi connectivity index (χ3v) is 6.25. The van der Waals surface area contributed by atoms with Crippen molar-refractivity contribution in [1.29, 1.82) is 0 Å². The Bertz CT molecular complexity index is 930. The van der Waals surface area contributed by atoms with Gasteiger partial charge in [0.05, 0.1) is 5.25 Å². The lowest BCUT2D eigenvalue weighted by Crippen LogP contribution is -2.32. The van der Waals surface area contributed by atoms with Crippen LogP contribution in [0.4, 0.5) is 0 Å². The van der Waals surface area contributed by atoms with Crippen molar-refractivity contribution in [3.05, 3.63) is 96.1 Å². The lowest BCUT2D eigenvalue weighted by atomic mass is 10.1. The number of thioether (sulfide) groups is 1. The maximum atomic E-state index is 12.8. The van der Waals surface area contributed by atoms with Gasteiger partial charge in [-0.05, 0) is 48.7 Å². The van der Waals surface area contributed by atoms with E-state index in [0.29, 0.717) is 6.54 Å². The second-order valence-corrected chi connectivity index (χ2v) is 8.31. The van der Waals surface area contributed by atoms with Crippen LogP contribution in [0.25, 0.3) is 0 Å². The zero-order valence-corrected chi connectivity index (χ0v) is 16.6. The van der Waals surface area contributed by atoms with Gasteiger partial charge in [-0.1, -0.05) is 60.7 Å². The van der Waals surface area contributed by atoms with Gasteiger partial charge in [0.15, 0.2) is 0 Å². The number of rotatable bonds is 6. The number of nitrogens with zero attached hydrogens (tertiary/aromatic N) is 1. The van der Waals surface area contributed by atoms with Gasteiger partial charge in [-0.3, -0.25) is 4.79 Å². The lowest BCUT2D eigenvalue weighted by Gasteiger charge is -2.24. The molecule has 28 heavy (non-hydrogen) atoms. The molecule has 1 saturated heterocycles. The average molecular weight is 390 g/mol. The Morgan fingerprint density at radius 2 is 1.57 bits per heavy atom. The van der Waals surface area contributed by atoms with Crippen LogP contribution in [0.5, 0.6) is 11.5 Å². The highest BCUT2D eigenvalue weighted by atomic mass is 32.2. The average Bonchev–Trinajstić information content (AvgIpc) is 3.02. The summed E-state index contributed by atoms with van der Waals surface area (Å²) in [5.74, 6) is 1.81. The fourth-order valence-corrected chi connectivity index (χ4v) is 4.71. The van der Waals surface area contributed by atoms with E-state index in [1.165, 1.54) is 5.56 Å². The van der Waals surface area contributed by atoms with E-state index in [0.717, 1.165) is 23.5 Å². The standard InChI is InChI=1S/C24H23NO2S/c1-18-23(26)25(16-15-19-9-4-2-5-10-19)24(28-18)20-11-8-14-22(17-20)27-21-12-6-3-7-13-21/h2-14,17-18,24H,15-16H2,1H3. The van der Waals surface area contributed by atoms with Crippen LogP contribution in [-0.4, -0.2) is 22.6 Å². The second-order valence-electron chi connectivity index (χ2n) is 6.89. The molecule has 1 aliphatic heterocycles. The van der Waals surface area contributed by atoms with E-state index in [4.69, 9.17) is 4.74 Å². The first-order valence-corrected chi connectivity index (χ1v) is 10.5. The van der Waals surface area contributed by atoms with Crippen molar-refractivity contribution in [2.45, 2.75) is 24.0 Å². The Kier molecular flexibility index (Phi) is 5.68. The molecule has 0 saturated carbocycles. The summed E-state index contributed by atoms with van der Waals surface area (Å²) in [7, 11) is 0. The van der Waals surface area contributed by atoms with Crippen LogP contribution in [0.1, 0.15) is 23.4 Å². The molecule has 4 heteroatoms. The molecule has 3 aromatic rings. The monoisotopic (exact) mass is 389 g/mol. The van der Waals surface area contributed by atoms with Crippen molar-refractivity contribution in [2.24, 2.45) is 0 Å². The third kappa shape index (κ3) is 4.23. The Balaban J connectivity index is 1.52. The van der Waals surface area contributed by atoms with Crippen LogP contribution in [0.15, 0.2) is 84.9 Å². The fraction of sp³-hybridized carbons (Fsp3) is 0.208. The summed E-state index contributed by atoms with van der Waals surface area (Å²) in [5, 5.41) is -0.00925. The van der Waals surface area contributed by atoms with E-state index < -0.39 is 0 Å². The smallest absolute Gasteiger partial charge is 0.236 e. The van der Waals surface area contributed by atoms with Gasteiger partial charge >= 0.3 is 0 Å². The first kappa shape index (κ1) is 18.6. The topological polar surface area (TPSA) is 29.5 Å². The van der Waals surface area contributed by atoms with E-state index in [1.54, 1.807) is 11.8 Å². The van der Waals surface area contributed by atoms with E-state index >= 15 is 0 Å².